The van der Waals surface area contributed by atoms with E-state index in [4.69, 9.17) is 14.2 Å². The number of halogens is 2. The maximum absolute atomic E-state index is 12.2. The SMILES string of the molecule is CCOc1ccc(C=C2N=C(c3ccc(OC(F)F)cc3)OC2=O)cc1OC. The van der Waals surface area contributed by atoms with Crippen molar-refractivity contribution in [3.8, 4) is 17.2 Å². The van der Waals surface area contributed by atoms with Crippen molar-refractivity contribution in [1.29, 1.82) is 0 Å². The Bertz CT molecular complexity index is 923. The molecule has 1 aliphatic heterocycles. The van der Waals surface area contributed by atoms with Crippen molar-refractivity contribution in [1.82, 2.24) is 0 Å². The molecule has 0 N–H and O–H groups in total. The molecule has 0 spiro atoms. The molecule has 6 nitrogen and oxygen atoms in total. The van der Waals surface area contributed by atoms with Crippen molar-refractivity contribution in [3.05, 3.63) is 59.3 Å². The molecule has 0 radical (unpaired) electrons. The Kier molecular flexibility index (Phi) is 5.88. The molecule has 0 fully saturated rings. The van der Waals surface area contributed by atoms with Crippen LogP contribution in [0.4, 0.5) is 8.78 Å². The summed E-state index contributed by atoms with van der Waals surface area (Å²) in [4.78, 5) is 16.3. The van der Waals surface area contributed by atoms with Crippen LogP contribution in [0.1, 0.15) is 18.1 Å². The smallest absolute Gasteiger partial charge is 0.387 e. The minimum absolute atomic E-state index is 0.000854. The molecule has 0 bridgehead atoms. The Hall–Kier alpha value is -3.42. The van der Waals surface area contributed by atoms with Crippen LogP contribution in [-0.2, 0) is 9.53 Å². The van der Waals surface area contributed by atoms with Gasteiger partial charge in [-0.25, -0.2) is 9.79 Å². The molecule has 0 saturated carbocycles. The lowest BCUT2D eigenvalue weighted by atomic mass is 10.1. The summed E-state index contributed by atoms with van der Waals surface area (Å²) in [5.41, 5.74) is 1.25. The van der Waals surface area contributed by atoms with Crippen molar-refractivity contribution >= 4 is 17.9 Å². The second-order valence-electron chi connectivity index (χ2n) is 5.58. The Morgan fingerprint density at radius 1 is 1.14 bits per heavy atom. The van der Waals surface area contributed by atoms with Crippen molar-refractivity contribution in [2.75, 3.05) is 13.7 Å². The molecule has 28 heavy (non-hydrogen) atoms. The minimum Gasteiger partial charge on any atom is -0.493 e. The van der Waals surface area contributed by atoms with Gasteiger partial charge in [0.05, 0.1) is 13.7 Å². The highest BCUT2D eigenvalue weighted by atomic mass is 19.3. The molecule has 2 aromatic rings. The number of aliphatic imine (C=N–C) groups is 1. The number of methoxy groups -OCH3 is 1. The van der Waals surface area contributed by atoms with Crippen LogP contribution in [-0.4, -0.2) is 32.2 Å². The van der Waals surface area contributed by atoms with Gasteiger partial charge < -0.3 is 18.9 Å². The van der Waals surface area contributed by atoms with E-state index in [1.807, 2.05) is 6.92 Å². The van der Waals surface area contributed by atoms with Crippen LogP contribution in [0.5, 0.6) is 17.2 Å². The summed E-state index contributed by atoms with van der Waals surface area (Å²) in [6, 6.07) is 10.9. The minimum atomic E-state index is -2.91. The van der Waals surface area contributed by atoms with E-state index in [9.17, 15) is 13.6 Å². The predicted molar refractivity (Wildman–Crippen MR) is 97.8 cm³/mol. The molecule has 146 valence electrons. The van der Waals surface area contributed by atoms with E-state index in [-0.39, 0.29) is 17.3 Å². The number of hydrogen-bond acceptors (Lipinski definition) is 6. The molecular formula is C20H17F2NO5. The van der Waals surface area contributed by atoms with E-state index in [1.165, 1.54) is 31.4 Å². The van der Waals surface area contributed by atoms with Crippen LogP contribution in [0.25, 0.3) is 6.08 Å². The van der Waals surface area contributed by atoms with Crippen molar-refractivity contribution in [2.24, 2.45) is 4.99 Å². The lowest BCUT2D eigenvalue weighted by molar-refractivity contribution is -0.129. The summed E-state index contributed by atoms with van der Waals surface area (Å²) < 4.78 is 44.6. The Labute approximate surface area is 160 Å². The monoisotopic (exact) mass is 389 g/mol. The van der Waals surface area contributed by atoms with Gasteiger partial charge in [0, 0.05) is 5.56 Å². The lowest BCUT2D eigenvalue weighted by Gasteiger charge is -2.09. The number of cyclic esters (lactones) is 1. The maximum atomic E-state index is 12.2. The van der Waals surface area contributed by atoms with Gasteiger partial charge in [0.2, 0.25) is 5.90 Å². The summed E-state index contributed by atoms with van der Waals surface area (Å²) in [5, 5.41) is 0. The highest BCUT2D eigenvalue weighted by Gasteiger charge is 2.24. The number of alkyl halides is 2. The van der Waals surface area contributed by atoms with Gasteiger partial charge in [-0.1, -0.05) is 6.07 Å². The number of ether oxygens (including phenoxy) is 4. The molecule has 0 atom stereocenters. The topological polar surface area (TPSA) is 66.3 Å². The molecule has 0 aromatic heterocycles. The zero-order valence-electron chi connectivity index (χ0n) is 15.1. The third-order valence-corrected chi connectivity index (χ3v) is 3.74. The molecular weight excluding hydrogens is 372 g/mol. The molecule has 1 aliphatic rings. The Morgan fingerprint density at radius 2 is 1.89 bits per heavy atom. The van der Waals surface area contributed by atoms with Crippen LogP contribution in [0.3, 0.4) is 0 Å². The summed E-state index contributed by atoms with van der Waals surface area (Å²) in [7, 11) is 1.52. The summed E-state index contributed by atoms with van der Waals surface area (Å²) in [5.74, 6) is 0.590. The van der Waals surface area contributed by atoms with Crippen LogP contribution >= 0.6 is 0 Å². The van der Waals surface area contributed by atoms with Crippen LogP contribution < -0.4 is 14.2 Å². The number of esters is 1. The normalized spacial score (nSPS) is 14.8. The molecule has 0 saturated heterocycles. The van der Waals surface area contributed by atoms with Crippen molar-refractivity contribution < 1.29 is 32.5 Å². The van der Waals surface area contributed by atoms with Crippen LogP contribution in [0.2, 0.25) is 0 Å². The molecule has 8 heteroatoms. The van der Waals surface area contributed by atoms with E-state index in [2.05, 4.69) is 9.73 Å². The first-order valence-electron chi connectivity index (χ1n) is 8.38. The second kappa shape index (κ2) is 8.51. The van der Waals surface area contributed by atoms with Gasteiger partial charge in [-0.05, 0) is 55.0 Å². The molecule has 1 heterocycles. The predicted octanol–water partition coefficient (Wildman–Crippen LogP) is 4.04. The van der Waals surface area contributed by atoms with E-state index in [0.717, 1.165) is 0 Å². The van der Waals surface area contributed by atoms with E-state index >= 15 is 0 Å². The van der Waals surface area contributed by atoms with E-state index in [0.29, 0.717) is 29.2 Å². The lowest BCUT2D eigenvalue weighted by Crippen LogP contribution is -2.06. The first kappa shape index (κ1) is 19.3. The third kappa shape index (κ3) is 4.46. The number of carbonyl (C=O) groups excluding carboxylic acids is 1. The molecule has 3 rings (SSSR count). The Morgan fingerprint density at radius 3 is 2.54 bits per heavy atom. The van der Waals surface area contributed by atoms with E-state index < -0.39 is 12.6 Å². The average molecular weight is 389 g/mol. The van der Waals surface area contributed by atoms with Crippen LogP contribution in [0.15, 0.2) is 53.2 Å². The van der Waals surface area contributed by atoms with Gasteiger partial charge in [-0.2, -0.15) is 8.78 Å². The summed E-state index contributed by atoms with van der Waals surface area (Å²) in [6.45, 7) is -0.544. The molecule has 2 aromatic carbocycles. The number of rotatable bonds is 7. The van der Waals surface area contributed by atoms with Gasteiger partial charge in [0.1, 0.15) is 5.75 Å². The van der Waals surface area contributed by atoms with Gasteiger partial charge in [0.25, 0.3) is 0 Å². The highest BCUT2D eigenvalue weighted by molar-refractivity contribution is 6.12. The van der Waals surface area contributed by atoms with Crippen LogP contribution in [0, 0.1) is 0 Å². The number of hydrogen-bond donors (Lipinski definition) is 0. The fraction of sp³-hybridized carbons (Fsp3) is 0.200. The fourth-order valence-electron chi connectivity index (χ4n) is 2.52. The number of benzene rings is 2. The summed E-state index contributed by atoms with van der Waals surface area (Å²) >= 11 is 0. The first-order chi connectivity index (χ1) is 13.5. The fourth-order valence-corrected chi connectivity index (χ4v) is 2.52. The Balaban J connectivity index is 1.83. The third-order valence-electron chi connectivity index (χ3n) is 3.74. The second-order valence-corrected chi connectivity index (χ2v) is 5.58. The molecule has 0 aliphatic carbocycles. The first-order valence-corrected chi connectivity index (χ1v) is 8.38. The van der Waals surface area contributed by atoms with Gasteiger partial charge in [-0.15, -0.1) is 0 Å². The molecule has 0 amide bonds. The molecule has 0 unspecified atom stereocenters. The van der Waals surface area contributed by atoms with Gasteiger partial charge in [0.15, 0.2) is 17.2 Å². The summed E-state index contributed by atoms with van der Waals surface area (Å²) in [6.07, 6.45) is 1.56. The number of carbonyl (C=O) groups is 1. The van der Waals surface area contributed by atoms with Gasteiger partial charge in [-0.3, -0.25) is 0 Å². The quantitative estimate of drug-likeness (QED) is 0.528. The average Bonchev–Trinajstić information content (AvgIpc) is 3.03. The van der Waals surface area contributed by atoms with E-state index in [1.54, 1.807) is 24.3 Å². The standard InChI is InChI=1S/C20H17F2NO5/c1-3-26-16-9-4-12(11-17(16)25-2)10-15-19(24)28-18(23-15)13-5-7-14(8-6-13)27-20(21)22/h4-11,20H,3H2,1-2H3. The van der Waals surface area contributed by atoms with Crippen molar-refractivity contribution in [3.63, 3.8) is 0 Å². The largest absolute Gasteiger partial charge is 0.493 e. The zero-order valence-corrected chi connectivity index (χ0v) is 15.1. The van der Waals surface area contributed by atoms with Crippen molar-refractivity contribution in [2.45, 2.75) is 13.5 Å². The highest BCUT2D eigenvalue weighted by Crippen LogP contribution is 2.30. The maximum Gasteiger partial charge on any atom is 0.387 e. The van der Waals surface area contributed by atoms with Gasteiger partial charge >= 0.3 is 12.6 Å². The number of nitrogens with zero attached hydrogens (tertiary/aromatic N) is 1. The zero-order chi connectivity index (χ0) is 20.1.